The van der Waals surface area contributed by atoms with Crippen LogP contribution in [0.4, 0.5) is 11.4 Å². The quantitative estimate of drug-likeness (QED) is 0.930. The molecule has 2 aromatic rings. The Balaban J connectivity index is 1.91. The van der Waals surface area contributed by atoms with Gasteiger partial charge in [0.15, 0.2) is 0 Å². The van der Waals surface area contributed by atoms with Gasteiger partial charge in [-0.25, -0.2) is 8.42 Å². The van der Waals surface area contributed by atoms with Crippen molar-refractivity contribution in [1.29, 1.82) is 0 Å². The maximum absolute atomic E-state index is 12.6. The van der Waals surface area contributed by atoms with Gasteiger partial charge in [-0.3, -0.25) is 9.52 Å². The molecule has 1 amide bonds. The van der Waals surface area contributed by atoms with E-state index in [9.17, 15) is 13.2 Å². The highest BCUT2D eigenvalue weighted by Crippen LogP contribution is 2.30. The topological polar surface area (TPSA) is 66.5 Å². The zero-order chi connectivity index (χ0) is 17.3. The molecule has 0 bridgehead atoms. The number of nitrogens with one attached hydrogen (secondary N) is 1. The Morgan fingerprint density at radius 3 is 2.50 bits per heavy atom. The third-order valence-electron chi connectivity index (χ3n) is 4.16. The summed E-state index contributed by atoms with van der Waals surface area (Å²) in [7, 11) is -3.65. The number of nitrogens with zero attached hydrogens (tertiary/aromatic N) is 1. The van der Waals surface area contributed by atoms with Crippen molar-refractivity contribution in [3.63, 3.8) is 0 Å². The average Bonchev–Trinajstić information content (AvgIpc) is 2.55. The summed E-state index contributed by atoms with van der Waals surface area (Å²) in [6.45, 7) is 4.15. The molecule has 0 saturated carbocycles. The number of sulfonamides is 1. The Morgan fingerprint density at radius 2 is 1.83 bits per heavy atom. The first-order chi connectivity index (χ1) is 11.4. The maximum atomic E-state index is 12.6. The van der Waals surface area contributed by atoms with Crippen LogP contribution >= 0.6 is 0 Å². The van der Waals surface area contributed by atoms with E-state index in [0.29, 0.717) is 12.2 Å². The molecule has 0 aromatic heterocycles. The zero-order valence-electron chi connectivity index (χ0n) is 13.7. The lowest BCUT2D eigenvalue weighted by Crippen LogP contribution is -2.33. The van der Waals surface area contributed by atoms with Crippen LogP contribution in [0.5, 0.6) is 0 Å². The summed E-state index contributed by atoms with van der Waals surface area (Å²) < 4.78 is 27.8. The molecule has 0 spiro atoms. The van der Waals surface area contributed by atoms with Gasteiger partial charge in [0.05, 0.1) is 4.90 Å². The molecule has 0 fully saturated rings. The lowest BCUT2D eigenvalue weighted by molar-refractivity contribution is -0.116. The molecule has 126 valence electrons. The van der Waals surface area contributed by atoms with Crippen molar-refractivity contribution in [2.24, 2.45) is 0 Å². The van der Waals surface area contributed by atoms with Crippen molar-refractivity contribution in [3.05, 3.63) is 53.6 Å². The number of carbonyl (C=O) groups excluding carboxylic acids is 1. The highest BCUT2D eigenvalue weighted by atomic mass is 32.2. The Labute approximate surface area is 142 Å². The SMILES string of the molecule is CC(=O)N1CCCc2cc(S(=O)(=O)Nc3ccc(C)cc3)ccc21. The summed E-state index contributed by atoms with van der Waals surface area (Å²) in [5.74, 6) is -0.0238. The van der Waals surface area contributed by atoms with Crippen LogP contribution in [0.1, 0.15) is 24.5 Å². The Morgan fingerprint density at radius 1 is 1.12 bits per heavy atom. The van der Waals surface area contributed by atoms with Crippen LogP contribution in [0.25, 0.3) is 0 Å². The number of fused-ring (bicyclic) bond motifs is 1. The summed E-state index contributed by atoms with van der Waals surface area (Å²) in [6, 6.07) is 12.1. The van der Waals surface area contributed by atoms with Gasteiger partial charge >= 0.3 is 0 Å². The summed E-state index contributed by atoms with van der Waals surface area (Å²) >= 11 is 0. The van der Waals surface area contributed by atoms with Crippen LogP contribution in [0, 0.1) is 6.92 Å². The van der Waals surface area contributed by atoms with Crippen molar-refractivity contribution in [3.8, 4) is 0 Å². The van der Waals surface area contributed by atoms with E-state index in [1.165, 1.54) is 6.92 Å². The van der Waals surface area contributed by atoms with E-state index < -0.39 is 10.0 Å². The second-order valence-electron chi connectivity index (χ2n) is 6.04. The monoisotopic (exact) mass is 344 g/mol. The van der Waals surface area contributed by atoms with Gasteiger partial charge in [0, 0.05) is 24.8 Å². The molecule has 1 aliphatic rings. The van der Waals surface area contributed by atoms with Gasteiger partial charge < -0.3 is 4.90 Å². The van der Waals surface area contributed by atoms with Crippen LogP contribution in [0.3, 0.4) is 0 Å². The van der Waals surface area contributed by atoms with Gasteiger partial charge in [-0.15, -0.1) is 0 Å². The number of hydrogen-bond donors (Lipinski definition) is 1. The molecule has 24 heavy (non-hydrogen) atoms. The number of anilines is 2. The molecule has 0 unspecified atom stereocenters. The smallest absolute Gasteiger partial charge is 0.261 e. The van der Waals surface area contributed by atoms with Crippen LogP contribution in [0.2, 0.25) is 0 Å². The number of rotatable bonds is 3. The average molecular weight is 344 g/mol. The molecular weight excluding hydrogens is 324 g/mol. The van der Waals surface area contributed by atoms with E-state index >= 15 is 0 Å². The molecule has 1 heterocycles. The maximum Gasteiger partial charge on any atom is 0.261 e. The lowest BCUT2D eigenvalue weighted by atomic mass is 10.0. The fourth-order valence-electron chi connectivity index (χ4n) is 2.90. The lowest BCUT2D eigenvalue weighted by Gasteiger charge is -2.28. The Kier molecular flexibility index (Phi) is 4.32. The summed E-state index contributed by atoms with van der Waals surface area (Å²) in [5, 5.41) is 0. The number of amides is 1. The predicted molar refractivity (Wildman–Crippen MR) is 94.8 cm³/mol. The third kappa shape index (κ3) is 3.28. The van der Waals surface area contributed by atoms with Crippen LogP contribution < -0.4 is 9.62 Å². The van der Waals surface area contributed by atoms with Gasteiger partial charge in [-0.1, -0.05) is 17.7 Å². The standard InChI is InChI=1S/C18H20N2O3S/c1-13-5-7-16(8-6-13)19-24(22,23)17-9-10-18-15(12-17)4-3-11-20(18)14(2)21/h5-10,12,19H,3-4,11H2,1-2H3. The molecule has 0 saturated heterocycles. The van der Waals surface area contributed by atoms with Crippen molar-refractivity contribution in [2.75, 3.05) is 16.2 Å². The number of hydrogen-bond acceptors (Lipinski definition) is 3. The van der Waals surface area contributed by atoms with Crippen LogP contribution in [-0.4, -0.2) is 20.9 Å². The normalized spacial score (nSPS) is 14.2. The first-order valence-corrected chi connectivity index (χ1v) is 9.36. The van der Waals surface area contributed by atoms with E-state index in [0.717, 1.165) is 29.7 Å². The summed E-state index contributed by atoms with van der Waals surface area (Å²) in [5.41, 5.74) is 3.30. The second kappa shape index (κ2) is 6.28. The van der Waals surface area contributed by atoms with Gasteiger partial charge in [0.1, 0.15) is 0 Å². The molecule has 6 heteroatoms. The Hall–Kier alpha value is -2.34. The highest BCUT2D eigenvalue weighted by molar-refractivity contribution is 7.92. The molecule has 0 radical (unpaired) electrons. The Bertz CT molecular complexity index is 874. The first kappa shape index (κ1) is 16.5. The fourth-order valence-corrected chi connectivity index (χ4v) is 4.01. The van der Waals surface area contributed by atoms with Gasteiger partial charge in [-0.2, -0.15) is 0 Å². The molecule has 5 nitrogen and oxygen atoms in total. The van der Waals surface area contributed by atoms with E-state index in [1.54, 1.807) is 35.2 Å². The molecule has 2 aromatic carbocycles. The molecule has 0 atom stereocenters. The largest absolute Gasteiger partial charge is 0.312 e. The van der Waals surface area contributed by atoms with E-state index in [2.05, 4.69) is 4.72 Å². The predicted octanol–water partition coefficient (Wildman–Crippen LogP) is 3.09. The minimum atomic E-state index is -3.65. The molecule has 0 aliphatic carbocycles. The van der Waals surface area contributed by atoms with Gasteiger partial charge in [0.25, 0.3) is 10.0 Å². The minimum absolute atomic E-state index is 0.0238. The summed E-state index contributed by atoms with van der Waals surface area (Å²) in [4.78, 5) is 13.6. The zero-order valence-corrected chi connectivity index (χ0v) is 14.6. The van der Waals surface area contributed by atoms with Gasteiger partial charge in [-0.05, 0) is 55.7 Å². The molecule has 1 aliphatic heterocycles. The fraction of sp³-hybridized carbons (Fsp3) is 0.278. The van der Waals surface area contributed by atoms with Crippen LogP contribution in [-0.2, 0) is 21.2 Å². The third-order valence-corrected chi connectivity index (χ3v) is 5.54. The second-order valence-corrected chi connectivity index (χ2v) is 7.72. The van der Waals surface area contributed by atoms with E-state index in [4.69, 9.17) is 0 Å². The highest BCUT2D eigenvalue weighted by Gasteiger charge is 2.23. The van der Waals surface area contributed by atoms with E-state index in [-0.39, 0.29) is 10.8 Å². The molecular formula is C18H20N2O3S. The van der Waals surface area contributed by atoms with E-state index in [1.807, 2.05) is 19.1 Å². The van der Waals surface area contributed by atoms with Gasteiger partial charge in [0.2, 0.25) is 5.91 Å². The minimum Gasteiger partial charge on any atom is -0.312 e. The van der Waals surface area contributed by atoms with Crippen LogP contribution in [0.15, 0.2) is 47.4 Å². The molecule has 3 rings (SSSR count). The van der Waals surface area contributed by atoms with Crippen molar-refractivity contribution < 1.29 is 13.2 Å². The molecule has 1 N–H and O–H groups in total. The number of aryl methyl sites for hydroxylation is 2. The van der Waals surface area contributed by atoms with Crippen molar-refractivity contribution in [1.82, 2.24) is 0 Å². The summed E-state index contributed by atoms with van der Waals surface area (Å²) in [6.07, 6.45) is 1.61. The number of benzene rings is 2. The first-order valence-electron chi connectivity index (χ1n) is 7.87. The van der Waals surface area contributed by atoms with Crippen molar-refractivity contribution >= 4 is 27.3 Å². The number of carbonyl (C=O) groups is 1. The van der Waals surface area contributed by atoms with Crippen molar-refractivity contribution in [2.45, 2.75) is 31.6 Å².